The van der Waals surface area contributed by atoms with Gasteiger partial charge in [-0.05, 0) is 28.5 Å². The van der Waals surface area contributed by atoms with Gasteiger partial charge in [0.05, 0.1) is 0 Å². The lowest BCUT2D eigenvalue weighted by atomic mass is 9.22. The van der Waals surface area contributed by atoms with E-state index in [9.17, 15) is 39.5 Å². The Balaban J connectivity index is 2.31. The maximum absolute atomic E-state index is 16.0. The molecule has 0 radical (unpaired) electrons. The van der Waals surface area contributed by atoms with Crippen LogP contribution in [0.3, 0.4) is 0 Å². The van der Waals surface area contributed by atoms with Crippen molar-refractivity contribution in [1.29, 1.82) is 0 Å². The van der Waals surface area contributed by atoms with Crippen LogP contribution in [-0.2, 0) is 0 Å². The molecule has 5 rings (SSSR count). The summed E-state index contributed by atoms with van der Waals surface area (Å²) in [7, 11) is 0. The van der Waals surface area contributed by atoms with E-state index in [2.05, 4.69) is 0 Å². The number of halogens is 15. The normalized spacial score (nSPS) is 12.2. The maximum Gasteiger partial charge on any atom is 0.377 e. The first-order valence-corrected chi connectivity index (χ1v) is 13.1. The Morgan fingerprint density at radius 1 is 0.333 bits per heavy atom. The second-order valence-electron chi connectivity index (χ2n) is 10.1. The Hall–Kier alpha value is -5.22. The molecule has 0 aromatic heterocycles. The van der Waals surface area contributed by atoms with Gasteiger partial charge in [-0.15, -0.1) is 0 Å². The van der Waals surface area contributed by atoms with E-state index < -0.39 is 116 Å². The molecular formula is C31H11BF15N. The van der Waals surface area contributed by atoms with Gasteiger partial charge >= 0.3 is 6.28 Å². The molecule has 248 valence electrons. The predicted molar refractivity (Wildman–Crippen MR) is 141 cm³/mol. The van der Waals surface area contributed by atoms with Crippen molar-refractivity contribution in [1.82, 2.24) is 0 Å². The molecule has 1 nitrogen and oxygen atoms in total. The number of hydrogen-bond donors (Lipinski definition) is 0. The molecule has 0 aliphatic rings. The summed E-state index contributed by atoms with van der Waals surface area (Å²) >= 11 is 0. The highest BCUT2D eigenvalue weighted by atomic mass is 19.2. The summed E-state index contributed by atoms with van der Waals surface area (Å²) in [6, 6.07) is 10.7. The van der Waals surface area contributed by atoms with E-state index in [1.165, 1.54) is 24.3 Å². The van der Waals surface area contributed by atoms with Gasteiger partial charge in [0.15, 0.2) is 58.0 Å². The summed E-state index contributed by atoms with van der Waals surface area (Å²) in [5.41, 5.74) is -9.38. The first-order chi connectivity index (χ1) is 22.6. The molecule has 0 fully saturated rings. The molecule has 0 aliphatic heterocycles. The van der Waals surface area contributed by atoms with Crippen molar-refractivity contribution in [3.05, 3.63) is 153 Å². The lowest BCUT2D eigenvalue weighted by Crippen LogP contribution is -2.78. The zero-order chi connectivity index (χ0) is 35.4. The van der Waals surface area contributed by atoms with E-state index in [0.717, 1.165) is 36.4 Å². The van der Waals surface area contributed by atoms with E-state index in [1.807, 2.05) is 0 Å². The van der Waals surface area contributed by atoms with Crippen LogP contribution < -0.4 is 16.4 Å². The molecule has 48 heavy (non-hydrogen) atoms. The molecule has 0 bridgehead atoms. The SMILES string of the molecule is Fc1c(F)c(F)c([B-](c2c(F)c(F)c(F)c(F)c2F)(c2c(F)c(F)c(F)c(F)c2F)/[N+](=C/c2ccccc2)c2ccccc2)c(F)c1F. The lowest BCUT2D eigenvalue weighted by molar-refractivity contribution is -0.282. The number of rotatable bonds is 6. The summed E-state index contributed by atoms with van der Waals surface area (Å²) < 4.78 is 229. The second-order valence-corrected chi connectivity index (χ2v) is 10.1. The maximum atomic E-state index is 16.0. The van der Waals surface area contributed by atoms with Crippen molar-refractivity contribution in [3.63, 3.8) is 0 Å². The van der Waals surface area contributed by atoms with Crippen LogP contribution in [0.2, 0.25) is 0 Å². The fourth-order valence-corrected chi connectivity index (χ4v) is 5.53. The summed E-state index contributed by atoms with van der Waals surface area (Å²) in [6.45, 7) is 0. The first-order valence-electron chi connectivity index (χ1n) is 13.1. The summed E-state index contributed by atoms with van der Waals surface area (Å²) in [5.74, 6) is -46.0. The minimum atomic E-state index is -6.03. The molecule has 0 saturated heterocycles. The van der Waals surface area contributed by atoms with Gasteiger partial charge in [0.1, 0.15) is 41.1 Å². The molecule has 17 heteroatoms. The van der Waals surface area contributed by atoms with Crippen molar-refractivity contribution < 1.29 is 70.3 Å². The minimum Gasteiger partial charge on any atom is -0.408 e. The van der Waals surface area contributed by atoms with Crippen molar-refractivity contribution in [2.24, 2.45) is 0 Å². The molecule has 5 aromatic carbocycles. The average molecular weight is 693 g/mol. The summed E-state index contributed by atoms with van der Waals surface area (Å²) in [6.07, 6.45) is -5.59. The average Bonchev–Trinajstić information content (AvgIpc) is 3.09. The van der Waals surface area contributed by atoms with E-state index in [0.29, 0.717) is 6.21 Å². The first kappa shape index (κ1) is 34.1. The van der Waals surface area contributed by atoms with Crippen LogP contribution in [0.1, 0.15) is 5.56 Å². The number of hydrogen-bond acceptors (Lipinski definition) is 0. The topological polar surface area (TPSA) is 3.01 Å². The van der Waals surface area contributed by atoms with E-state index in [4.69, 9.17) is 0 Å². The fourth-order valence-electron chi connectivity index (χ4n) is 5.53. The number of benzene rings is 5. The zero-order valence-electron chi connectivity index (χ0n) is 23.0. The van der Waals surface area contributed by atoms with Crippen molar-refractivity contribution in [2.75, 3.05) is 0 Å². The Labute approximate surface area is 258 Å². The van der Waals surface area contributed by atoms with Crippen LogP contribution in [0.4, 0.5) is 71.5 Å². The molecule has 0 atom stereocenters. The Kier molecular flexibility index (Phi) is 8.84. The number of para-hydroxylation sites is 1. The standard InChI is InChI=1S/C31H11BF15N/c33-17-14(18(34)24(40)29(45)23(17)39)32(15-19(35)25(41)30(46)26(42)20(15)36,16-21(37)27(43)31(47)28(44)22(16)38)48(13-9-5-2-6-10-13)11-12-7-3-1-4-8-12/h1-11H/b48-11+. The fraction of sp³-hybridized carbons (Fsp3) is 0. The predicted octanol–water partition coefficient (Wildman–Crippen LogP) is 7.20. The zero-order valence-corrected chi connectivity index (χ0v) is 23.0. The van der Waals surface area contributed by atoms with Gasteiger partial charge in [0.2, 0.25) is 0 Å². The highest BCUT2D eigenvalue weighted by molar-refractivity contribution is 7.06. The monoisotopic (exact) mass is 693 g/mol. The van der Waals surface area contributed by atoms with Gasteiger partial charge in [-0.1, -0.05) is 36.4 Å². The molecule has 0 amide bonds. The van der Waals surface area contributed by atoms with Crippen molar-refractivity contribution in [2.45, 2.75) is 0 Å². The van der Waals surface area contributed by atoms with E-state index >= 15 is 26.3 Å². The summed E-state index contributed by atoms with van der Waals surface area (Å²) in [4.78, 5) is 0. The Morgan fingerprint density at radius 2 is 0.583 bits per heavy atom. The Morgan fingerprint density at radius 3 is 0.875 bits per heavy atom. The quantitative estimate of drug-likeness (QED) is 0.0583. The van der Waals surface area contributed by atoms with Gasteiger partial charge in [-0.2, -0.15) is 0 Å². The van der Waals surface area contributed by atoms with Crippen LogP contribution in [-0.4, -0.2) is 17.0 Å². The van der Waals surface area contributed by atoms with Gasteiger partial charge in [0, 0.05) is 17.7 Å². The second kappa shape index (κ2) is 12.4. The summed E-state index contributed by atoms with van der Waals surface area (Å²) in [5, 5.41) is 0. The van der Waals surface area contributed by atoms with E-state index in [-0.39, 0.29) is 10.0 Å². The third kappa shape index (κ3) is 4.90. The van der Waals surface area contributed by atoms with Crippen LogP contribution in [0.5, 0.6) is 0 Å². The van der Waals surface area contributed by atoms with Crippen LogP contribution in [0.25, 0.3) is 0 Å². The molecule has 0 saturated carbocycles. The Bertz CT molecular complexity index is 1880. The number of nitrogens with zero attached hydrogens (tertiary/aromatic N) is 1. The van der Waals surface area contributed by atoms with Crippen LogP contribution in [0, 0.1) is 87.3 Å². The van der Waals surface area contributed by atoms with Crippen LogP contribution >= 0.6 is 0 Å². The van der Waals surface area contributed by atoms with E-state index in [1.54, 1.807) is 0 Å². The van der Waals surface area contributed by atoms with Crippen LogP contribution in [0.15, 0.2) is 60.7 Å². The highest BCUT2D eigenvalue weighted by Gasteiger charge is 2.58. The van der Waals surface area contributed by atoms with Gasteiger partial charge in [-0.25, -0.2) is 65.9 Å². The smallest absolute Gasteiger partial charge is 0.377 e. The molecule has 5 aromatic rings. The molecule has 0 heterocycles. The third-order valence-electron chi connectivity index (χ3n) is 7.54. The molecule has 0 N–H and O–H groups in total. The molecule has 0 aliphatic carbocycles. The van der Waals surface area contributed by atoms with Gasteiger partial charge in [-0.3, -0.25) is 0 Å². The lowest BCUT2D eigenvalue weighted by Gasteiger charge is -2.40. The van der Waals surface area contributed by atoms with Gasteiger partial charge < -0.3 is 4.49 Å². The third-order valence-corrected chi connectivity index (χ3v) is 7.54. The molecule has 0 unspecified atom stereocenters. The van der Waals surface area contributed by atoms with Crippen molar-refractivity contribution in [3.8, 4) is 0 Å². The highest BCUT2D eigenvalue weighted by Crippen LogP contribution is 2.31. The van der Waals surface area contributed by atoms with Gasteiger partial charge in [0.25, 0.3) is 0 Å². The molecular weight excluding hydrogens is 682 g/mol. The molecule has 0 spiro atoms. The van der Waals surface area contributed by atoms with Crippen molar-refractivity contribution >= 4 is 34.6 Å². The minimum absolute atomic E-state index is 0.0931. The largest absolute Gasteiger partial charge is 0.408 e.